The molecule has 26 heavy (non-hydrogen) atoms. The fourth-order valence-corrected chi connectivity index (χ4v) is 2.29. The van der Waals surface area contributed by atoms with Gasteiger partial charge in [-0.05, 0) is 45.0 Å². The molecule has 0 saturated carbocycles. The van der Waals surface area contributed by atoms with E-state index in [4.69, 9.17) is 14.6 Å². The molecule has 2 aromatic carbocycles. The largest absolute Gasteiger partial charge is 0.490 e. The average molecular weight is 357 g/mol. The van der Waals surface area contributed by atoms with E-state index in [2.05, 4.69) is 5.32 Å². The van der Waals surface area contributed by atoms with Crippen LogP contribution in [0.2, 0.25) is 0 Å². The summed E-state index contributed by atoms with van der Waals surface area (Å²) in [4.78, 5) is 23.7. The highest BCUT2D eigenvalue weighted by Gasteiger charge is 2.23. The third-order valence-electron chi connectivity index (χ3n) is 4.00. The van der Waals surface area contributed by atoms with Gasteiger partial charge in [-0.25, -0.2) is 0 Å². The smallest absolute Gasteiger partial charge is 0.308 e. The van der Waals surface area contributed by atoms with Gasteiger partial charge in [0.1, 0.15) is 5.75 Å². The quantitative estimate of drug-likeness (QED) is 0.752. The fraction of sp³-hybridized carbons (Fsp3) is 0.300. The van der Waals surface area contributed by atoms with Crippen LogP contribution in [0.5, 0.6) is 17.2 Å². The lowest BCUT2D eigenvalue weighted by atomic mass is 10.0. The molecule has 0 heterocycles. The summed E-state index contributed by atoms with van der Waals surface area (Å²) >= 11 is 0. The number of para-hydroxylation sites is 3. The SMILES string of the molecule is CCOc1ccccc1Oc1ccccc1C(=O)NC(C)C(C)C(=O)O. The van der Waals surface area contributed by atoms with Crippen LogP contribution in [0.15, 0.2) is 48.5 Å². The van der Waals surface area contributed by atoms with Crippen molar-refractivity contribution in [2.75, 3.05) is 6.61 Å². The Kier molecular flexibility index (Phi) is 6.60. The Labute approximate surface area is 152 Å². The maximum Gasteiger partial charge on any atom is 0.308 e. The first-order valence-corrected chi connectivity index (χ1v) is 8.46. The third-order valence-corrected chi connectivity index (χ3v) is 4.00. The molecule has 138 valence electrons. The molecule has 1 amide bonds. The van der Waals surface area contributed by atoms with E-state index >= 15 is 0 Å². The number of ether oxygens (including phenoxy) is 2. The molecule has 0 aliphatic carbocycles. The van der Waals surface area contributed by atoms with E-state index in [9.17, 15) is 9.59 Å². The van der Waals surface area contributed by atoms with Gasteiger partial charge >= 0.3 is 5.97 Å². The molecular formula is C20H23NO5. The summed E-state index contributed by atoms with van der Waals surface area (Å²) in [7, 11) is 0. The lowest BCUT2D eigenvalue weighted by Gasteiger charge is -2.19. The summed E-state index contributed by atoms with van der Waals surface area (Å²) in [5.41, 5.74) is 0.322. The summed E-state index contributed by atoms with van der Waals surface area (Å²) in [5.74, 6) is -0.610. The van der Waals surface area contributed by atoms with Gasteiger partial charge < -0.3 is 19.9 Å². The summed E-state index contributed by atoms with van der Waals surface area (Å²) < 4.78 is 11.4. The van der Waals surface area contributed by atoms with Crippen LogP contribution in [0, 0.1) is 5.92 Å². The van der Waals surface area contributed by atoms with Crippen molar-refractivity contribution in [3.8, 4) is 17.2 Å². The van der Waals surface area contributed by atoms with Gasteiger partial charge in [-0.15, -0.1) is 0 Å². The molecule has 2 N–H and O–H groups in total. The van der Waals surface area contributed by atoms with Crippen molar-refractivity contribution >= 4 is 11.9 Å². The molecule has 0 aliphatic heterocycles. The number of hydrogen-bond donors (Lipinski definition) is 2. The number of aliphatic carboxylic acids is 1. The topological polar surface area (TPSA) is 84.9 Å². The zero-order chi connectivity index (χ0) is 19.1. The third kappa shape index (κ3) is 4.75. The van der Waals surface area contributed by atoms with E-state index in [1.54, 1.807) is 50.2 Å². The highest BCUT2D eigenvalue weighted by atomic mass is 16.5. The normalized spacial score (nSPS) is 12.7. The number of carboxylic acid groups (broad SMARTS) is 1. The van der Waals surface area contributed by atoms with E-state index in [0.717, 1.165) is 0 Å². The number of carboxylic acids is 1. The first-order valence-electron chi connectivity index (χ1n) is 8.46. The molecule has 2 unspecified atom stereocenters. The van der Waals surface area contributed by atoms with Crippen LogP contribution in [0.25, 0.3) is 0 Å². The molecular weight excluding hydrogens is 334 g/mol. The van der Waals surface area contributed by atoms with E-state index in [1.165, 1.54) is 0 Å². The van der Waals surface area contributed by atoms with Crippen molar-refractivity contribution < 1.29 is 24.2 Å². The molecule has 2 aromatic rings. The summed E-state index contributed by atoms with van der Waals surface area (Å²) in [6.45, 7) is 5.58. The molecule has 2 rings (SSSR count). The lowest BCUT2D eigenvalue weighted by molar-refractivity contribution is -0.141. The predicted octanol–water partition coefficient (Wildman–Crippen LogP) is 3.72. The second kappa shape index (κ2) is 8.89. The number of carbonyl (C=O) groups excluding carboxylic acids is 1. The Morgan fingerprint density at radius 3 is 2.19 bits per heavy atom. The van der Waals surface area contributed by atoms with Gasteiger partial charge in [-0.3, -0.25) is 9.59 Å². The minimum atomic E-state index is -0.965. The average Bonchev–Trinajstić information content (AvgIpc) is 2.63. The maximum atomic E-state index is 12.6. The number of nitrogens with one attached hydrogen (secondary N) is 1. The first-order chi connectivity index (χ1) is 12.4. The number of carbonyl (C=O) groups is 2. The van der Waals surface area contributed by atoms with Crippen LogP contribution >= 0.6 is 0 Å². The maximum absolute atomic E-state index is 12.6. The van der Waals surface area contributed by atoms with Gasteiger partial charge in [0.2, 0.25) is 0 Å². The number of rotatable bonds is 8. The zero-order valence-corrected chi connectivity index (χ0v) is 15.1. The van der Waals surface area contributed by atoms with Gasteiger partial charge in [-0.2, -0.15) is 0 Å². The Morgan fingerprint density at radius 1 is 1.00 bits per heavy atom. The van der Waals surface area contributed by atoms with Crippen LogP contribution in [0.4, 0.5) is 0 Å². The van der Waals surface area contributed by atoms with Gasteiger partial charge in [0.25, 0.3) is 5.91 Å². The summed E-state index contributed by atoms with van der Waals surface area (Å²) in [6, 6.07) is 13.5. The fourth-order valence-electron chi connectivity index (χ4n) is 2.29. The molecule has 0 radical (unpaired) electrons. The number of benzene rings is 2. The van der Waals surface area contributed by atoms with Gasteiger partial charge in [0.15, 0.2) is 11.5 Å². The van der Waals surface area contributed by atoms with Crippen molar-refractivity contribution in [3.63, 3.8) is 0 Å². The molecule has 0 aromatic heterocycles. The van der Waals surface area contributed by atoms with Crippen molar-refractivity contribution in [1.29, 1.82) is 0 Å². The standard InChI is InChI=1S/C20H23NO5/c1-4-25-17-11-7-8-12-18(17)26-16-10-6-5-9-15(16)19(22)21-14(3)13(2)20(23)24/h5-14H,4H2,1-3H3,(H,21,22)(H,23,24). The number of amides is 1. The van der Waals surface area contributed by atoms with E-state index in [-0.39, 0.29) is 0 Å². The Balaban J connectivity index is 2.23. The van der Waals surface area contributed by atoms with E-state index in [1.807, 2.05) is 19.1 Å². The molecule has 0 aliphatic rings. The Morgan fingerprint density at radius 2 is 1.58 bits per heavy atom. The van der Waals surface area contributed by atoms with Crippen LogP contribution in [-0.2, 0) is 4.79 Å². The monoisotopic (exact) mass is 357 g/mol. The van der Waals surface area contributed by atoms with Crippen molar-refractivity contribution in [2.24, 2.45) is 5.92 Å². The molecule has 6 heteroatoms. The highest BCUT2D eigenvalue weighted by molar-refractivity contribution is 5.97. The van der Waals surface area contributed by atoms with Gasteiger partial charge in [0.05, 0.1) is 18.1 Å². The highest BCUT2D eigenvalue weighted by Crippen LogP contribution is 2.33. The molecule has 0 bridgehead atoms. The summed E-state index contributed by atoms with van der Waals surface area (Å²) in [5, 5.41) is 11.8. The molecule has 2 atom stereocenters. The molecule has 6 nitrogen and oxygen atoms in total. The Bertz CT molecular complexity index is 774. The molecule has 0 spiro atoms. The molecule has 0 saturated heterocycles. The minimum absolute atomic E-state index is 0.322. The van der Waals surface area contributed by atoms with E-state index < -0.39 is 23.8 Å². The van der Waals surface area contributed by atoms with Crippen LogP contribution < -0.4 is 14.8 Å². The van der Waals surface area contributed by atoms with Crippen LogP contribution in [0.1, 0.15) is 31.1 Å². The molecule has 0 fully saturated rings. The van der Waals surface area contributed by atoms with E-state index in [0.29, 0.717) is 29.4 Å². The second-order valence-electron chi connectivity index (χ2n) is 5.87. The van der Waals surface area contributed by atoms with Crippen molar-refractivity contribution in [1.82, 2.24) is 5.32 Å². The zero-order valence-electron chi connectivity index (χ0n) is 15.1. The van der Waals surface area contributed by atoms with Crippen LogP contribution in [-0.4, -0.2) is 29.6 Å². The Hall–Kier alpha value is -3.02. The van der Waals surface area contributed by atoms with Crippen molar-refractivity contribution in [2.45, 2.75) is 26.8 Å². The number of hydrogen-bond acceptors (Lipinski definition) is 4. The lowest BCUT2D eigenvalue weighted by Crippen LogP contribution is -2.40. The second-order valence-corrected chi connectivity index (χ2v) is 5.87. The van der Waals surface area contributed by atoms with Gasteiger partial charge in [0, 0.05) is 6.04 Å². The van der Waals surface area contributed by atoms with Crippen LogP contribution in [0.3, 0.4) is 0 Å². The van der Waals surface area contributed by atoms with Crippen molar-refractivity contribution in [3.05, 3.63) is 54.1 Å². The van der Waals surface area contributed by atoms with Gasteiger partial charge in [-0.1, -0.05) is 24.3 Å². The summed E-state index contributed by atoms with van der Waals surface area (Å²) in [6.07, 6.45) is 0. The predicted molar refractivity (Wildman–Crippen MR) is 97.9 cm³/mol. The minimum Gasteiger partial charge on any atom is -0.490 e. The first kappa shape index (κ1) is 19.3.